The third kappa shape index (κ3) is 3.24. The summed E-state index contributed by atoms with van der Waals surface area (Å²) in [4.78, 5) is 26.7. The van der Waals surface area contributed by atoms with Crippen LogP contribution >= 0.6 is 0 Å². The maximum Gasteiger partial charge on any atom is 0.387 e. The van der Waals surface area contributed by atoms with Crippen molar-refractivity contribution in [1.82, 2.24) is 29.5 Å². The third-order valence-corrected chi connectivity index (χ3v) is 6.53. The largest absolute Gasteiger partial charge is 0.434 e. The third-order valence-electron chi connectivity index (χ3n) is 6.53. The van der Waals surface area contributed by atoms with Gasteiger partial charge < -0.3 is 20.1 Å². The summed E-state index contributed by atoms with van der Waals surface area (Å²) < 4.78 is 32.8. The molecule has 3 N–H and O–H groups in total. The Labute approximate surface area is 201 Å². The van der Waals surface area contributed by atoms with Crippen molar-refractivity contribution in [3.8, 4) is 17.0 Å². The zero-order valence-corrected chi connectivity index (χ0v) is 18.6. The van der Waals surface area contributed by atoms with Crippen molar-refractivity contribution >= 4 is 11.6 Å². The van der Waals surface area contributed by atoms with Crippen molar-refractivity contribution in [1.29, 1.82) is 0 Å². The molecule has 2 bridgehead atoms. The Kier molecular flexibility index (Phi) is 4.80. The van der Waals surface area contributed by atoms with Gasteiger partial charge in [-0.05, 0) is 31.0 Å². The van der Waals surface area contributed by atoms with E-state index in [-0.39, 0.29) is 29.0 Å². The SMILES string of the molecule is Cc1cn2nc3c(c2nc1-c1cncnc1)C1CC3N(C(O)(O)O)C(=O)c2cccc(OC(F)F)c21. The van der Waals surface area contributed by atoms with Gasteiger partial charge in [0.2, 0.25) is 0 Å². The molecule has 1 amide bonds. The first kappa shape index (κ1) is 22.4. The molecule has 6 rings (SSSR count). The molecule has 2 unspecified atom stereocenters. The van der Waals surface area contributed by atoms with Gasteiger partial charge in [-0.1, -0.05) is 6.07 Å². The number of aryl methyl sites for hydroxylation is 1. The fourth-order valence-corrected chi connectivity index (χ4v) is 5.24. The minimum atomic E-state index is -3.54. The smallest absolute Gasteiger partial charge is 0.387 e. The number of alkyl halides is 2. The van der Waals surface area contributed by atoms with E-state index < -0.39 is 30.6 Å². The predicted molar refractivity (Wildman–Crippen MR) is 117 cm³/mol. The lowest BCUT2D eigenvalue weighted by molar-refractivity contribution is -0.385. The summed E-state index contributed by atoms with van der Waals surface area (Å²) in [5.41, 5.74) is 3.06. The summed E-state index contributed by atoms with van der Waals surface area (Å²) in [5, 5.41) is 35.0. The lowest BCUT2D eigenvalue weighted by Gasteiger charge is -2.34. The van der Waals surface area contributed by atoms with Crippen LogP contribution in [0.25, 0.3) is 16.9 Å². The van der Waals surface area contributed by atoms with Crippen molar-refractivity contribution in [2.45, 2.75) is 38.0 Å². The number of benzene rings is 1. The summed E-state index contributed by atoms with van der Waals surface area (Å²) >= 11 is 0. The van der Waals surface area contributed by atoms with Gasteiger partial charge in [0.05, 0.1) is 17.4 Å². The number of amides is 1. The number of aliphatic hydroxyl groups is 3. The average Bonchev–Trinajstić information content (AvgIpc) is 3.30. The second kappa shape index (κ2) is 7.71. The topological polar surface area (TPSA) is 146 Å². The molecule has 4 heterocycles. The molecule has 11 nitrogen and oxygen atoms in total. The number of ether oxygens (including phenoxy) is 1. The van der Waals surface area contributed by atoms with E-state index in [0.29, 0.717) is 27.4 Å². The molecule has 1 aliphatic carbocycles. The number of fused-ring (bicyclic) bond motifs is 9. The molecule has 0 fully saturated rings. The quantitative estimate of drug-likeness (QED) is 0.359. The number of hydrogen-bond acceptors (Lipinski definition) is 9. The first-order valence-corrected chi connectivity index (χ1v) is 10.9. The van der Waals surface area contributed by atoms with E-state index in [1.807, 2.05) is 6.92 Å². The van der Waals surface area contributed by atoms with Crippen LogP contribution in [0.5, 0.6) is 5.75 Å². The second-order valence-electron chi connectivity index (χ2n) is 8.64. The maximum atomic E-state index is 13.4. The number of rotatable bonds is 4. The lowest BCUT2D eigenvalue weighted by atomic mass is 9.89. The van der Waals surface area contributed by atoms with Gasteiger partial charge in [0, 0.05) is 46.8 Å². The van der Waals surface area contributed by atoms with Crippen LogP contribution in [0.1, 0.15) is 51.1 Å². The number of carbonyl (C=O) groups is 1. The molecule has 0 saturated heterocycles. The van der Waals surface area contributed by atoms with Gasteiger partial charge in [-0.15, -0.1) is 0 Å². The Morgan fingerprint density at radius 3 is 2.61 bits per heavy atom. The Morgan fingerprint density at radius 2 is 1.92 bits per heavy atom. The van der Waals surface area contributed by atoms with Gasteiger partial charge in [-0.25, -0.2) is 19.5 Å². The number of nitrogens with zero attached hydrogens (tertiary/aromatic N) is 6. The van der Waals surface area contributed by atoms with E-state index >= 15 is 0 Å². The van der Waals surface area contributed by atoms with E-state index in [2.05, 4.69) is 15.1 Å². The molecule has 3 aromatic heterocycles. The van der Waals surface area contributed by atoms with E-state index in [0.717, 1.165) is 5.56 Å². The van der Waals surface area contributed by atoms with Crippen LogP contribution in [0.3, 0.4) is 0 Å². The first-order valence-electron chi connectivity index (χ1n) is 10.9. The molecule has 1 aromatic carbocycles. The molecular weight excluding hydrogens is 478 g/mol. The monoisotopic (exact) mass is 496 g/mol. The van der Waals surface area contributed by atoms with Crippen molar-refractivity contribution in [2.75, 3.05) is 0 Å². The highest BCUT2D eigenvalue weighted by molar-refractivity contribution is 5.98. The molecule has 0 spiro atoms. The van der Waals surface area contributed by atoms with Crippen molar-refractivity contribution in [3.05, 3.63) is 71.1 Å². The summed E-state index contributed by atoms with van der Waals surface area (Å²) in [6.45, 7) is -1.35. The van der Waals surface area contributed by atoms with Gasteiger partial charge in [-0.2, -0.15) is 13.9 Å². The first-order chi connectivity index (χ1) is 17.1. The van der Waals surface area contributed by atoms with Gasteiger partial charge in [0.1, 0.15) is 12.1 Å². The minimum Gasteiger partial charge on any atom is -0.434 e. The summed E-state index contributed by atoms with van der Waals surface area (Å²) in [5.74, 6) is -1.94. The maximum absolute atomic E-state index is 13.4. The molecule has 2 aliphatic rings. The summed E-state index contributed by atoms with van der Waals surface area (Å²) in [6, 6.07) is 2.91. The van der Waals surface area contributed by atoms with Crippen molar-refractivity contribution < 1.29 is 33.6 Å². The summed E-state index contributed by atoms with van der Waals surface area (Å²) in [6.07, 6.45) is 2.77. The van der Waals surface area contributed by atoms with Crippen LogP contribution in [-0.2, 0) is 0 Å². The fourth-order valence-electron chi connectivity index (χ4n) is 5.24. The highest BCUT2D eigenvalue weighted by Crippen LogP contribution is 2.54. The van der Waals surface area contributed by atoms with E-state index in [1.165, 1.54) is 29.0 Å². The standard InChI is InChI=1S/C23H18F2N6O5/c1-10-8-30-20(28-18(10)11-6-26-9-27-7-11)17-13-5-14(19(17)29-30)31(23(33,34)35)21(32)12-3-2-4-15(16(12)13)36-22(24)25/h2-4,6-9,13-14,22,33-35H,5H2,1H3. The molecular formula is C23H18F2N6O5. The fraction of sp³-hybridized carbons (Fsp3) is 0.261. The van der Waals surface area contributed by atoms with E-state index in [9.17, 15) is 28.9 Å². The Bertz CT molecular complexity index is 1520. The molecule has 184 valence electrons. The molecule has 4 aromatic rings. The lowest BCUT2D eigenvalue weighted by Crippen LogP contribution is -2.53. The Hall–Kier alpha value is -4.07. The zero-order chi connectivity index (χ0) is 25.4. The number of carbonyl (C=O) groups excluding carboxylic acids is 1. The normalized spacial score (nSPS) is 19.0. The second-order valence-corrected chi connectivity index (χ2v) is 8.64. The van der Waals surface area contributed by atoms with E-state index in [4.69, 9.17) is 9.72 Å². The van der Waals surface area contributed by atoms with E-state index in [1.54, 1.807) is 18.6 Å². The van der Waals surface area contributed by atoms with Crippen LogP contribution in [0.15, 0.2) is 43.1 Å². The van der Waals surface area contributed by atoms with Gasteiger partial charge >= 0.3 is 12.7 Å². The summed E-state index contributed by atoms with van der Waals surface area (Å²) in [7, 11) is 0. The predicted octanol–water partition coefficient (Wildman–Crippen LogP) is 1.72. The van der Waals surface area contributed by atoms with Crippen LogP contribution in [-0.4, -0.2) is 63.4 Å². The number of hydrogen-bond donors (Lipinski definition) is 3. The van der Waals surface area contributed by atoms with Crippen molar-refractivity contribution in [3.63, 3.8) is 0 Å². The van der Waals surface area contributed by atoms with Gasteiger partial charge in [-0.3, -0.25) is 9.69 Å². The van der Waals surface area contributed by atoms with Crippen molar-refractivity contribution in [2.24, 2.45) is 0 Å². The van der Waals surface area contributed by atoms with Crippen LogP contribution in [0.2, 0.25) is 0 Å². The number of halogens is 2. The molecule has 1 aliphatic heterocycles. The van der Waals surface area contributed by atoms with Crippen LogP contribution < -0.4 is 4.74 Å². The highest BCUT2D eigenvalue weighted by Gasteiger charge is 2.53. The molecule has 36 heavy (non-hydrogen) atoms. The molecule has 13 heteroatoms. The van der Waals surface area contributed by atoms with Gasteiger partial charge in [0.15, 0.2) is 5.65 Å². The molecule has 2 atom stereocenters. The molecule has 0 radical (unpaired) electrons. The van der Waals surface area contributed by atoms with Crippen LogP contribution in [0, 0.1) is 6.92 Å². The number of aromatic nitrogens is 5. The van der Waals surface area contributed by atoms with Crippen LogP contribution in [0.4, 0.5) is 8.78 Å². The Morgan fingerprint density at radius 1 is 1.17 bits per heavy atom. The van der Waals surface area contributed by atoms with Gasteiger partial charge in [0.25, 0.3) is 5.91 Å². The zero-order valence-electron chi connectivity index (χ0n) is 18.6. The average molecular weight is 496 g/mol. The Balaban J connectivity index is 1.65. The molecule has 0 saturated carbocycles. The highest BCUT2D eigenvalue weighted by atomic mass is 19.3. The minimum absolute atomic E-state index is 0.0271.